The van der Waals surface area contributed by atoms with Gasteiger partial charge < -0.3 is 10.2 Å². The molecule has 0 spiro atoms. The number of aryl methyl sites for hydroxylation is 1. The van der Waals surface area contributed by atoms with Gasteiger partial charge in [-0.05, 0) is 50.9 Å². The molecule has 0 radical (unpaired) electrons. The highest BCUT2D eigenvalue weighted by atomic mass is 35.5. The average Bonchev–Trinajstić information content (AvgIpc) is 2.52. The van der Waals surface area contributed by atoms with Gasteiger partial charge in [-0.1, -0.05) is 13.0 Å². The fourth-order valence-electron chi connectivity index (χ4n) is 2.79. The molecule has 0 unspecified atom stereocenters. The molecule has 1 saturated heterocycles. The summed E-state index contributed by atoms with van der Waals surface area (Å²) in [5.74, 6) is 0.282. The Bertz CT molecular complexity index is 411. The summed E-state index contributed by atoms with van der Waals surface area (Å²) in [6.45, 7) is 5.07. The second kappa shape index (κ2) is 11.7. The Balaban J connectivity index is 0.00000220. The monoisotopic (exact) mass is 347 g/mol. The van der Waals surface area contributed by atoms with Crippen molar-refractivity contribution < 1.29 is 4.79 Å². The highest BCUT2D eigenvalue weighted by molar-refractivity contribution is 5.85. The van der Waals surface area contributed by atoms with Crippen LogP contribution in [0.3, 0.4) is 0 Å². The summed E-state index contributed by atoms with van der Waals surface area (Å²) in [7, 11) is 0. The molecule has 126 valence electrons. The molecular formula is C16H27Cl2N3O. The van der Waals surface area contributed by atoms with Gasteiger partial charge in [0.15, 0.2) is 0 Å². The molecule has 1 N–H and O–H groups in total. The summed E-state index contributed by atoms with van der Waals surface area (Å²) in [5.41, 5.74) is 1.00. The number of amides is 1. The first-order chi connectivity index (χ1) is 9.81. The van der Waals surface area contributed by atoms with E-state index in [0.717, 1.165) is 51.0 Å². The normalized spacial score (nSPS) is 14.6. The number of carbonyl (C=O) groups excluding carboxylic acids is 1. The van der Waals surface area contributed by atoms with Gasteiger partial charge in [0, 0.05) is 30.9 Å². The minimum Gasteiger partial charge on any atom is -0.340 e. The molecule has 2 heterocycles. The summed E-state index contributed by atoms with van der Waals surface area (Å²) in [4.78, 5) is 18.9. The van der Waals surface area contributed by atoms with Crippen LogP contribution in [0.15, 0.2) is 24.4 Å². The lowest BCUT2D eigenvalue weighted by Crippen LogP contribution is -2.46. The Morgan fingerprint density at radius 2 is 2.05 bits per heavy atom. The number of halogens is 2. The van der Waals surface area contributed by atoms with Gasteiger partial charge in [-0.3, -0.25) is 9.78 Å². The van der Waals surface area contributed by atoms with Crippen molar-refractivity contribution in [1.82, 2.24) is 15.2 Å². The Morgan fingerprint density at radius 1 is 1.32 bits per heavy atom. The van der Waals surface area contributed by atoms with Crippen molar-refractivity contribution in [1.29, 1.82) is 0 Å². The molecule has 1 fully saturated rings. The Labute approximate surface area is 145 Å². The van der Waals surface area contributed by atoms with Crippen molar-refractivity contribution in [3.8, 4) is 0 Å². The van der Waals surface area contributed by atoms with Crippen molar-refractivity contribution in [3.05, 3.63) is 30.1 Å². The molecule has 1 aliphatic rings. The average molecular weight is 348 g/mol. The standard InChI is InChI=1S/C16H25N3O.2ClH/c1-2-13-19(15-8-11-17-12-9-15)16(20)7-6-14-5-3-4-10-18-14;;/h3-5,10,15,17H,2,6-9,11-13H2,1H3;2*1H. The fourth-order valence-corrected chi connectivity index (χ4v) is 2.79. The zero-order chi connectivity index (χ0) is 14.2. The van der Waals surface area contributed by atoms with Gasteiger partial charge in [-0.15, -0.1) is 24.8 Å². The van der Waals surface area contributed by atoms with Crippen LogP contribution in [0.25, 0.3) is 0 Å². The van der Waals surface area contributed by atoms with Crippen molar-refractivity contribution >= 4 is 30.7 Å². The third kappa shape index (κ3) is 6.51. The predicted molar refractivity (Wildman–Crippen MR) is 94.9 cm³/mol. The van der Waals surface area contributed by atoms with Gasteiger partial charge in [0.05, 0.1) is 0 Å². The maximum atomic E-state index is 12.5. The lowest BCUT2D eigenvalue weighted by Gasteiger charge is -2.34. The number of pyridine rings is 1. The SMILES string of the molecule is CCCN(C(=O)CCc1ccccn1)C1CCNCC1.Cl.Cl. The summed E-state index contributed by atoms with van der Waals surface area (Å²) in [6.07, 6.45) is 6.28. The van der Waals surface area contributed by atoms with E-state index in [9.17, 15) is 4.79 Å². The van der Waals surface area contributed by atoms with Crippen LogP contribution in [0.5, 0.6) is 0 Å². The second-order valence-electron chi connectivity index (χ2n) is 5.39. The predicted octanol–water partition coefficient (Wildman–Crippen LogP) is 2.85. The van der Waals surface area contributed by atoms with Crippen LogP contribution < -0.4 is 5.32 Å². The molecule has 0 bridgehead atoms. The molecule has 0 atom stereocenters. The van der Waals surface area contributed by atoms with E-state index in [1.54, 1.807) is 6.20 Å². The van der Waals surface area contributed by atoms with Gasteiger partial charge >= 0.3 is 0 Å². The molecule has 0 saturated carbocycles. The molecule has 1 aromatic heterocycles. The maximum absolute atomic E-state index is 12.5. The third-order valence-electron chi connectivity index (χ3n) is 3.86. The van der Waals surface area contributed by atoms with E-state index in [4.69, 9.17) is 0 Å². The van der Waals surface area contributed by atoms with Gasteiger partial charge in [0.2, 0.25) is 5.91 Å². The van der Waals surface area contributed by atoms with E-state index in [2.05, 4.69) is 22.1 Å². The minimum absolute atomic E-state index is 0. The van der Waals surface area contributed by atoms with Crippen LogP contribution in [0.1, 0.15) is 38.3 Å². The summed E-state index contributed by atoms with van der Waals surface area (Å²) < 4.78 is 0. The van der Waals surface area contributed by atoms with Crippen LogP contribution in [0.4, 0.5) is 0 Å². The molecular weight excluding hydrogens is 321 g/mol. The summed E-state index contributed by atoms with van der Waals surface area (Å²) in [5, 5.41) is 3.36. The van der Waals surface area contributed by atoms with Crippen molar-refractivity contribution in [3.63, 3.8) is 0 Å². The Hall–Kier alpha value is -0.840. The van der Waals surface area contributed by atoms with Crippen molar-refractivity contribution in [2.45, 2.75) is 45.1 Å². The fraction of sp³-hybridized carbons (Fsp3) is 0.625. The van der Waals surface area contributed by atoms with Crippen LogP contribution in [0.2, 0.25) is 0 Å². The van der Waals surface area contributed by atoms with E-state index >= 15 is 0 Å². The van der Waals surface area contributed by atoms with E-state index < -0.39 is 0 Å². The van der Waals surface area contributed by atoms with E-state index in [1.807, 2.05) is 18.2 Å². The van der Waals surface area contributed by atoms with E-state index in [0.29, 0.717) is 12.5 Å². The minimum atomic E-state index is 0. The first-order valence-electron chi connectivity index (χ1n) is 7.71. The zero-order valence-corrected chi connectivity index (χ0v) is 14.8. The zero-order valence-electron chi connectivity index (χ0n) is 13.2. The second-order valence-corrected chi connectivity index (χ2v) is 5.39. The van der Waals surface area contributed by atoms with Gasteiger partial charge in [0.25, 0.3) is 0 Å². The molecule has 1 amide bonds. The molecule has 4 nitrogen and oxygen atoms in total. The number of nitrogens with one attached hydrogen (secondary N) is 1. The number of hydrogen-bond acceptors (Lipinski definition) is 3. The first-order valence-corrected chi connectivity index (χ1v) is 7.71. The number of rotatable bonds is 6. The molecule has 22 heavy (non-hydrogen) atoms. The Kier molecular flexibility index (Phi) is 11.2. The number of carbonyl (C=O) groups is 1. The number of aromatic nitrogens is 1. The van der Waals surface area contributed by atoms with Gasteiger partial charge in [-0.2, -0.15) is 0 Å². The van der Waals surface area contributed by atoms with Gasteiger partial charge in [-0.25, -0.2) is 0 Å². The lowest BCUT2D eigenvalue weighted by molar-refractivity contribution is -0.134. The summed E-state index contributed by atoms with van der Waals surface area (Å²) in [6, 6.07) is 6.29. The number of piperidine rings is 1. The largest absolute Gasteiger partial charge is 0.340 e. The number of nitrogens with zero attached hydrogens (tertiary/aromatic N) is 2. The number of hydrogen-bond donors (Lipinski definition) is 1. The molecule has 2 rings (SSSR count). The smallest absolute Gasteiger partial charge is 0.223 e. The highest BCUT2D eigenvalue weighted by Crippen LogP contribution is 2.14. The van der Waals surface area contributed by atoms with Crippen LogP contribution in [0, 0.1) is 0 Å². The van der Waals surface area contributed by atoms with Crippen LogP contribution >= 0.6 is 24.8 Å². The molecule has 0 aliphatic carbocycles. The van der Waals surface area contributed by atoms with Crippen LogP contribution in [-0.2, 0) is 11.2 Å². The molecule has 0 aromatic carbocycles. The van der Waals surface area contributed by atoms with E-state index in [-0.39, 0.29) is 30.7 Å². The topological polar surface area (TPSA) is 45.2 Å². The quantitative estimate of drug-likeness (QED) is 0.860. The third-order valence-corrected chi connectivity index (χ3v) is 3.86. The lowest BCUT2D eigenvalue weighted by atomic mass is 10.0. The highest BCUT2D eigenvalue weighted by Gasteiger charge is 2.24. The van der Waals surface area contributed by atoms with Crippen molar-refractivity contribution in [2.24, 2.45) is 0 Å². The van der Waals surface area contributed by atoms with Gasteiger partial charge in [0.1, 0.15) is 0 Å². The van der Waals surface area contributed by atoms with Crippen LogP contribution in [-0.4, -0.2) is 41.5 Å². The molecule has 6 heteroatoms. The van der Waals surface area contributed by atoms with E-state index in [1.165, 1.54) is 0 Å². The van der Waals surface area contributed by atoms with Crippen molar-refractivity contribution in [2.75, 3.05) is 19.6 Å². The summed E-state index contributed by atoms with van der Waals surface area (Å²) >= 11 is 0. The maximum Gasteiger partial charge on any atom is 0.223 e. The molecule has 1 aromatic rings. The molecule has 1 aliphatic heterocycles. The Morgan fingerprint density at radius 3 is 2.64 bits per heavy atom. The first kappa shape index (κ1) is 21.2.